The monoisotopic (exact) mass is 281 g/mol. The summed E-state index contributed by atoms with van der Waals surface area (Å²) in [7, 11) is 0. The zero-order valence-electron chi connectivity index (χ0n) is 11.5. The Morgan fingerprint density at radius 3 is 2.90 bits per heavy atom. The minimum Gasteiger partial charge on any atom is -0.454 e. The van der Waals surface area contributed by atoms with Crippen molar-refractivity contribution in [1.29, 1.82) is 0 Å². The van der Waals surface area contributed by atoms with E-state index in [2.05, 4.69) is 6.07 Å². The second kappa shape index (κ2) is 4.81. The van der Waals surface area contributed by atoms with Crippen LogP contribution in [0.3, 0.4) is 0 Å². The van der Waals surface area contributed by atoms with Crippen LogP contribution in [0.1, 0.15) is 22.3 Å². The molecule has 0 saturated carbocycles. The number of hydrogen-bond donors (Lipinski definition) is 0. The van der Waals surface area contributed by atoms with Crippen LogP contribution >= 0.6 is 0 Å². The summed E-state index contributed by atoms with van der Waals surface area (Å²) < 4.78 is 10.8. The average Bonchev–Trinajstić information content (AvgIpc) is 3.02. The molecular formula is C17H15NO3. The Morgan fingerprint density at radius 1 is 1.05 bits per heavy atom. The predicted molar refractivity (Wildman–Crippen MR) is 79.0 cm³/mol. The van der Waals surface area contributed by atoms with Gasteiger partial charge in [0.15, 0.2) is 11.5 Å². The smallest absolute Gasteiger partial charge is 0.262 e. The quantitative estimate of drug-likeness (QED) is 0.806. The van der Waals surface area contributed by atoms with Crippen LogP contribution in [-0.4, -0.2) is 19.2 Å². The Morgan fingerprint density at radius 2 is 1.95 bits per heavy atom. The fourth-order valence-corrected chi connectivity index (χ4v) is 2.99. The van der Waals surface area contributed by atoms with Crippen molar-refractivity contribution < 1.29 is 14.3 Å². The van der Waals surface area contributed by atoms with Gasteiger partial charge in [0.2, 0.25) is 6.79 Å². The summed E-state index contributed by atoms with van der Waals surface area (Å²) in [4.78, 5) is 14.8. The molecule has 0 atom stereocenters. The molecule has 2 heterocycles. The minimum atomic E-state index is -0.0236. The summed E-state index contributed by atoms with van der Waals surface area (Å²) in [5, 5.41) is 0. The van der Waals surface area contributed by atoms with E-state index in [1.165, 1.54) is 5.56 Å². The molecule has 0 unspecified atom stereocenters. The molecule has 0 saturated heterocycles. The molecular weight excluding hydrogens is 266 g/mol. The van der Waals surface area contributed by atoms with Gasteiger partial charge in [-0.25, -0.2) is 0 Å². The molecule has 0 radical (unpaired) electrons. The second-order valence-electron chi connectivity index (χ2n) is 5.23. The Bertz CT molecular complexity index is 711. The van der Waals surface area contributed by atoms with Gasteiger partial charge in [0.1, 0.15) is 0 Å². The van der Waals surface area contributed by atoms with Gasteiger partial charge in [-0.15, -0.1) is 0 Å². The van der Waals surface area contributed by atoms with Crippen LogP contribution < -0.4 is 14.4 Å². The third kappa shape index (κ3) is 1.95. The molecule has 4 heteroatoms. The fraction of sp³-hybridized carbons (Fsp3) is 0.235. The van der Waals surface area contributed by atoms with E-state index in [0.717, 1.165) is 25.1 Å². The van der Waals surface area contributed by atoms with Crippen LogP contribution in [0.2, 0.25) is 0 Å². The van der Waals surface area contributed by atoms with Crippen molar-refractivity contribution in [2.45, 2.75) is 12.8 Å². The molecule has 21 heavy (non-hydrogen) atoms. The zero-order chi connectivity index (χ0) is 14.2. The molecule has 2 aliphatic rings. The van der Waals surface area contributed by atoms with Gasteiger partial charge in [0, 0.05) is 12.2 Å². The van der Waals surface area contributed by atoms with Crippen LogP contribution in [0.25, 0.3) is 0 Å². The van der Waals surface area contributed by atoms with Gasteiger partial charge in [-0.05, 0) is 36.6 Å². The first kappa shape index (κ1) is 12.3. The van der Waals surface area contributed by atoms with Crippen molar-refractivity contribution in [2.24, 2.45) is 0 Å². The molecule has 0 N–H and O–H groups in total. The van der Waals surface area contributed by atoms with Gasteiger partial charge in [0.05, 0.1) is 5.56 Å². The summed E-state index contributed by atoms with van der Waals surface area (Å²) in [6, 6.07) is 13.5. The lowest BCUT2D eigenvalue weighted by Gasteiger charge is -2.29. The summed E-state index contributed by atoms with van der Waals surface area (Å²) in [6.45, 7) is 0.913. The molecule has 2 aromatic rings. The topological polar surface area (TPSA) is 38.8 Å². The number of carbonyl (C=O) groups excluding carboxylic acids is 1. The van der Waals surface area contributed by atoms with Crippen LogP contribution in [0.5, 0.6) is 11.5 Å². The number of benzene rings is 2. The van der Waals surface area contributed by atoms with E-state index in [-0.39, 0.29) is 12.7 Å². The first-order valence-electron chi connectivity index (χ1n) is 7.13. The van der Waals surface area contributed by atoms with Crippen molar-refractivity contribution in [1.82, 2.24) is 0 Å². The Hall–Kier alpha value is -2.49. The summed E-state index contributed by atoms with van der Waals surface area (Å²) >= 11 is 0. The van der Waals surface area contributed by atoms with Crippen LogP contribution in [0.4, 0.5) is 5.69 Å². The number of carbonyl (C=O) groups is 1. The highest BCUT2D eigenvalue weighted by Gasteiger charge is 2.28. The van der Waals surface area contributed by atoms with E-state index in [0.29, 0.717) is 17.1 Å². The number of para-hydroxylation sites is 2. The number of hydrogen-bond acceptors (Lipinski definition) is 3. The van der Waals surface area contributed by atoms with Crippen LogP contribution in [0, 0.1) is 0 Å². The summed E-state index contributed by atoms with van der Waals surface area (Å²) in [6.07, 6.45) is 2.00. The Balaban J connectivity index is 1.75. The predicted octanol–water partition coefficient (Wildman–Crippen LogP) is 3.01. The third-order valence-electron chi connectivity index (χ3n) is 3.98. The largest absolute Gasteiger partial charge is 0.454 e. The van der Waals surface area contributed by atoms with Gasteiger partial charge in [-0.1, -0.05) is 24.3 Å². The van der Waals surface area contributed by atoms with E-state index < -0.39 is 0 Å². The van der Waals surface area contributed by atoms with E-state index >= 15 is 0 Å². The fourth-order valence-electron chi connectivity index (χ4n) is 2.99. The highest BCUT2D eigenvalue weighted by atomic mass is 16.7. The van der Waals surface area contributed by atoms with Gasteiger partial charge in [-0.2, -0.15) is 0 Å². The molecule has 0 aromatic heterocycles. The molecule has 0 aliphatic carbocycles. The third-order valence-corrected chi connectivity index (χ3v) is 3.98. The number of rotatable bonds is 1. The van der Waals surface area contributed by atoms with Crippen LogP contribution in [0.15, 0.2) is 42.5 Å². The minimum absolute atomic E-state index is 0.0236. The number of aryl methyl sites for hydroxylation is 1. The average molecular weight is 281 g/mol. The number of ether oxygens (including phenoxy) is 2. The van der Waals surface area contributed by atoms with Gasteiger partial charge in [-0.3, -0.25) is 4.79 Å². The zero-order valence-corrected chi connectivity index (χ0v) is 11.5. The van der Waals surface area contributed by atoms with Crippen LogP contribution in [-0.2, 0) is 6.42 Å². The first-order chi connectivity index (χ1) is 10.3. The maximum atomic E-state index is 12.9. The van der Waals surface area contributed by atoms with Gasteiger partial charge in [0.25, 0.3) is 5.91 Å². The molecule has 0 spiro atoms. The standard InChI is InChI=1S/C17H15NO3/c19-17(13-7-3-9-15-16(13)21-11-20-15)18-10-4-6-12-5-1-2-8-14(12)18/h1-3,5,7-9H,4,6,10-11H2. The SMILES string of the molecule is O=C(c1cccc2c1OCO2)N1CCCc2ccccc21. The lowest BCUT2D eigenvalue weighted by atomic mass is 10.0. The van der Waals surface area contributed by atoms with Crippen molar-refractivity contribution >= 4 is 11.6 Å². The highest BCUT2D eigenvalue weighted by Crippen LogP contribution is 2.37. The molecule has 2 aromatic carbocycles. The lowest BCUT2D eigenvalue weighted by Crippen LogP contribution is -2.35. The maximum Gasteiger partial charge on any atom is 0.262 e. The second-order valence-corrected chi connectivity index (χ2v) is 5.23. The number of nitrogens with zero attached hydrogens (tertiary/aromatic N) is 1. The first-order valence-corrected chi connectivity index (χ1v) is 7.13. The molecule has 0 fully saturated rings. The number of amides is 1. The summed E-state index contributed by atoms with van der Waals surface area (Å²) in [5.74, 6) is 1.18. The number of anilines is 1. The van der Waals surface area contributed by atoms with Gasteiger partial charge >= 0.3 is 0 Å². The molecule has 106 valence electrons. The molecule has 4 nitrogen and oxygen atoms in total. The van der Waals surface area contributed by atoms with Gasteiger partial charge < -0.3 is 14.4 Å². The Kier molecular flexibility index (Phi) is 2.81. The lowest BCUT2D eigenvalue weighted by molar-refractivity contribution is 0.0980. The highest BCUT2D eigenvalue weighted by molar-refractivity contribution is 6.09. The Labute approximate surface area is 122 Å². The van der Waals surface area contributed by atoms with E-state index in [1.807, 2.05) is 35.2 Å². The molecule has 1 amide bonds. The van der Waals surface area contributed by atoms with Crippen molar-refractivity contribution in [3.8, 4) is 11.5 Å². The van der Waals surface area contributed by atoms with E-state index in [1.54, 1.807) is 6.07 Å². The summed E-state index contributed by atoms with van der Waals surface area (Å²) in [5.41, 5.74) is 2.80. The normalized spacial score (nSPS) is 15.7. The molecule has 0 bridgehead atoms. The number of fused-ring (bicyclic) bond motifs is 2. The van der Waals surface area contributed by atoms with E-state index in [9.17, 15) is 4.79 Å². The van der Waals surface area contributed by atoms with Crippen molar-refractivity contribution in [3.63, 3.8) is 0 Å². The van der Waals surface area contributed by atoms with Crippen molar-refractivity contribution in [3.05, 3.63) is 53.6 Å². The maximum absolute atomic E-state index is 12.9. The van der Waals surface area contributed by atoms with E-state index in [4.69, 9.17) is 9.47 Å². The molecule has 2 aliphatic heterocycles. The van der Waals surface area contributed by atoms with Crippen molar-refractivity contribution in [2.75, 3.05) is 18.2 Å². The molecule has 4 rings (SSSR count).